The zero-order valence-electron chi connectivity index (χ0n) is 16.7. The second kappa shape index (κ2) is 10.5. The fourth-order valence-corrected chi connectivity index (χ4v) is 2.45. The fourth-order valence-electron chi connectivity index (χ4n) is 2.18. The first-order chi connectivity index (χ1) is 13.8. The number of aromatic nitrogens is 1. The summed E-state index contributed by atoms with van der Waals surface area (Å²) in [5.74, 6) is 0.810. The summed E-state index contributed by atoms with van der Waals surface area (Å²) in [7, 11) is 1.50. The summed E-state index contributed by atoms with van der Waals surface area (Å²) in [6, 6.07) is 4.87. The van der Waals surface area contributed by atoms with E-state index in [0.717, 1.165) is 0 Å². The Labute approximate surface area is 173 Å². The minimum atomic E-state index is -0.688. The molecule has 1 heterocycles. The second-order valence-electron chi connectivity index (χ2n) is 6.55. The molecular weight excluding hydrogens is 400 g/mol. The van der Waals surface area contributed by atoms with E-state index in [1.807, 2.05) is 13.8 Å². The van der Waals surface area contributed by atoms with E-state index in [1.165, 1.54) is 19.3 Å². The van der Waals surface area contributed by atoms with E-state index in [1.54, 1.807) is 25.1 Å². The quantitative estimate of drug-likeness (QED) is 0.483. The molecule has 0 unspecified atom stereocenters. The first-order valence-electron chi connectivity index (χ1n) is 8.86. The van der Waals surface area contributed by atoms with Gasteiger partial charge in [-0.25, -0.2) is 4.79 Å². The van der Waals surface area contributed by atoms with Gasteiger partial charge < -0.3 is 24.1 Å². The number of nitrogens with one attached hydrogen (secondary N) is 1. The first-order valence-corrected chi connectivity index (χ1v) is 9.24. The van der Waals surface area contributed by atoms with Crippen LogP contribution < -0.4 is 14.8 Å². The molecule has 0 saturated carbocycles. The lowest BCUT2D eigenvalue weighted by Gasteiger charge is -2.14. The number of anilines is 1. The number of hydrogen-bond acceptors (Lipinski definition) is 7. The number of hydrogen-bond donors (Lipinski definition) is 1. The number of halogens is 1. The van der Waals surface area contributed by atoms with E-state index < -0.39 is 18.5 Å². The molecule has 0 fully saturated rings. The van der Waals surface area contributed by atoms with E-state index in [0.29, 0.717) is 40.4 Å². The summed E-state index contributed by atoms with van der Waals surface area (Å²) in [6.07, 6.45) is 2.69. The monoisotopic (exact) mass is 422 g/mol. The van der Waals surface area contributed by atoms with Crippen LogP contribution in [0, 0.1) is 12.8 Å². The largest absolute Gasteiger partial charge is 0.493 e. The Morgan fingerprint density at radius 1 is 1.31 bits per heavy atom. The molecule has 0 aliphatic heterocycles. The van der Waals surface area contributed by atoms with Crippen molar-refractivity contribution in [2.45, 2.75) is 20.8 Å². The number of benzene rings is 1. The normalized spacial score (nSPS) is 11.0. The van der Waals surface area contributed by atoms with Crippen molar-refractivity contribution in [3.05, 3.63) is 40.6 Å². The Morgan fingerprint density at radius 3 is 2.69 bits per heavy atom. The minimum Gasteiger partial charge on any atom is -0.493 e. The van der Waals surface area contributed by atoms with Crippen molar-refractivity contribution in [3.8, 4) is 11.5 Å². The van der Waals surface area contributed by atoms with Gasteiger partial charge in [-0.15, -0.1) is 0 Å². The van der Waals surface area contributed by atoms with Gasteiger partial charge in [0.15, 0.2) is 23.9 Å². The van der Waals surface area contributed by atoms with Crippen LogP contribution >= 0.6 is 11.6 Å². The lowest BCUT2D eigenvalue weighted by molar-refractivity contribution is -0.142. The van der Waals surface area contributed by atoms with Gasteiger partial charge in [-0.05, 0) is 36.6 Å². The summed E-state index contributed by atoms with van der Waals surface area (Å²) < 4.78 is 20.7. The maximum absolute atomic E-state index is 11.8. The van der Waals surface area contributed by atoms with Gasteiger partial charge in [0.2, 0.25) is 0 Å². The number of carbonyl (C=O) groups excluding carboxylic acids is 2. The van der Waals surface area contributed by atoms with Gasteiger partial charge in [-0.3, -0.25) is 4.79 Å². The molecule has 2 aromatic rings. The number of methoxy groups -OCH3 is 1. The average Bonchev–Trinajstić information content (AvgIpc) is 3.07. The van der Waals surface area contributed by atoms with Crippen LogP contribution in [0.2, 0.25) is 5.02 Å². The molecule has 0 bridgehead atoms. The third-order valence-corrected chi connectivity index (χ3v) is 3.75. The van der Waals surface area contributed by atoms with Crippen LogP contribution in [-0.4, -0.2) is 37.4 Å². The molecule has 0 aliphatic carbocycles. The van der Waals surface area contributed by atoms with Gasteiger partial charge in [-0.2, -0.15) is 0 Å². The number of aryl methyl sites for hydroxylation is 1. The molecule has 8 nitrogen and oxygen atoms in total. The molecule has 0 atom stereocenters. The maximum Gasteiger partial charge on any atom is 0.331 e. The number of carbonyl (C=O) groups is 2. The predicted molar refractivity (Wildman–Crippen MR) is 108 cm³/mol. The highest BCUT2D eigenvalue weighted by atomic mass is 35.5. The minimum absolute atomic E-state index is 0.251. The van der Waals surface area contributed by atoms with Crippen LogP contribution in [0.5, 0.6) is 11.5 Å². The van der Waals surface area contributed by atoms with Crippen molar-refractivity contribution in [3.63, 3.8) is 0 Å². The number of amides is 1. The standard InChI is InChI=1S/C20H23ClN2O6/c1-12(2)10-28-20-15(21)8-14(9-16(20)26-4)5-6-19(25)27-11-18(24)22-17-7-13(3)29-23-17/h5-9,12H,10-11H2,1-4H3,(H,22,23,24)/b6-5+. The number of rotatable bonds is 9. The van der Waals surface area contributed by atoms with E-state index >= 15 is 0 Å². The van der Waals surface area contributed by atoms with Gasteiger partial charge in [0.25, 0.3) is 5.91 Å². The number of ether oxygens (including phenoxy) is 3. The van der Waals surface area contributed by atoms with Gasteiger partial charge >= 0.3 is 5.97 Å². The van der Waals surface area contributed by atoms with Crippen molar-refractivity contribution in [2.75, 3.05) is 25.6 Å². The van der Waals surface area contributed by atoms with Crippen molar-refractivity contribution in [1.82, 2.24) is 5.16 Å². The zero-order valence-corrected chi connectivity index (χ0v) is 17.4. The Morgan fingerprint density at radius 2 is 2.07 bits per heavy atom. The molecule has 1 aromatic carbocycles. The summed E-state index contributed by atoms with van der Waals surface area (Å²) in [5.41, 5.74) is 0.614. The predicted octanol–water partition coefficient (Wildman–Crippen LogP) is 3.87. The maximum atomic E-state index is 11.8. The van der Waals surface area contributed by atoms with Crippen LogP contribution in [0.1, 0.15) is 25.2 Å². The first kappa shape index (κ1) is 22.3. The molecule has 0 aliphatic rings. The topological polar surface area (TPSA) is 99.9 Å². The van der Waals surface area contributed by atoms with Crippen LogP contribution in [0.3, 0.4) is 0 Å². The molecule has 1 N–H and O–H groups in total. The lowest BCUT2D eigenvalue weighted by Crippen LogP contribution is -2.20. The summed E-state index contributed by atoms with van der Waals surface area (Å²) in [5, 5.41) is 6.43. The van der Waals surface area contributed by atoms with Gasteiger partial charge in [0.05, 0.1) is 18.7 Å². The smallest absolute Gasteiger partial charge is 0.331 e. The molecule has 1 aromatic heterocycles. The van der Waals surface area contributed by atoms with Crippen LogP contribution in [0.15, 0.2) is 28.8 Å². The van der Waals surface area contributed by atoms with Gasteiger partial charge in [0.1, 0.15) is 5.76 Å². The fraction of sp³-hybridized carbons (Fsp3) is 0.350. The highest BCUT2D eigenvalue weighted by molar-refractivity contribution is 6.32. The molecule has 2 rings (SSSR count). The Balaban J connectivity index is 1.93. The Bertz CT molecular complexity index is 891. The Hall–Kier alpha value is -3.00. The van der Waals surface area contributed by atoms with Crippen molar-refractivity contribution < 1.29 is 28.3 Å². The molecule has 156 valence electrons. The van der Waals surface area contributed by atoms with Crippen LogP contribution in [0.25, 0.3) is 6.08 Å². The van der Waals surface area contributed by atoms with Crippen LogP contribution in [-0.2, 0) is 14.3 Å². The number of esters is 1. The molecule has 0 radical (unpaired) electrons. The zero-order chi connectivity index (χ0) is 21.4. The van der Waals surface area contributed by atoms with E-state index in [9.17, 15) is 9.59 Å². The van der Waals surface area contributed by atoms with Crippen LogP contribution in [0.4, 0.5) is 5.82 Å². The van der Waals surface area contributed by atoms with E-state index in [-0.39, 0.29) is 5.82 Å². The highest BCUT2D eigenvalue weighted by Crippen LogP contribution is 2.37. The molecule has 1 amide bonds. The van der Waals surface area contributed by atoms with Crippen molar-refractivity contribution in [2.24, 2.45) is 5.92 Å². The average molecular weight is 423 g/mol. The number of nitrogens with zero attached hydrogens (tertiary/aromatic N) is 1. The molecule has 0 saturated heterocycles. The highest BCUT2D eigenvalue weighted by Gasteiger charge is 2.13. The summed E-state index contributed by atoms with van der Waals surface area (Å²) in [4.78, 5) is 23.6. The Kier molecular flexibility index (Phi) is 8.09. The van der Waals surface area contributed by atoms with Gasteiger partial charge in [0, 0.05) is 12.1 Å². The summed E-state index contributed by atoms with van der Waals surface area (Å²) >= 11 is 6.27. The SMILES string of the molecule is COc1cc(/C=C/C(=O)OCC(=O)Nc2cc(C)on2)cc(Cl)c1OCC(C)C. The van der Waals surface area contributed by atoms with E-state index in [2.05, 4.69) is 10.5 Å². The third-order valence-electron chi connectivity index (χ3n) is 3.47. The summed E-state index contributed by atoms with van der Waals surface area (Å²) in [6.45, 7) is 5.78. The molecule has 0 spiro atoms. The van der Waals surface area contributed by atoms with Gasteiger partial charge in [-0.1, -0.05) is 30.6 Å². The second-order valence-corrected chi connectivity index (χ2v) is 6.96. The molecule has 9 heteroatoms. The van der Waals surface area contributed by atoms with Crippen molar-refractivity contribution >= 4 is 35.4 Å². The third kappa shape index (κ3) is 7.15. The molecule has 29 heavy (non-hydrogen) atoms. The van der Waals surface area contributed by atoms with E-state index in [4.69, 9.17) is 30.3 Å². The van der Waals surface area contributed by atoms with Crippen molar-refractivity contribution in [1.29, 1.82) is 0 Å². The molecular formula is C20H23ClN2O6. The lowest BCUT2D eigenvalue weighted by atomic mass is 10.2.